The summed E-state index contributed by atoms with van der Waals surface area (Å²) in [7, 11) is 0. The van der Waals surface area contributed by atoms with E-state index in [1.54, 1.807) is 18.2 Å². The zero-order chi connectivity index (χ0) is 14.8. The van der Waals surface area contributed by atoms with Gasteiger partial charge in [-0.15, -0.1) is 0 Å². The van der Waals surface area contributed by atoms with E-state index in [-0.39, 0.29) is 0 Å². The number of halogens is 2. The van der Waals surface area contributed by atoms with Gasteiger partial charge in [0.05, 0.1) is 17.2 Å². The monoisotopic (exact) mass is 366 g/mol. The normalized spacial score (nSPS) is 12.7. The number of fused-ring (bicyclic) bond motifs is 1. The fourth-order valence-electron chi connectivity index (χ4n) is 2.37. The van der Waals surface area contributed by atoms with Crippen molar-refractivity contribution >= 4 is 33.8 Å². The van der Waals surface area contributed by atoms with Crippen molar-refractivity contribution < 1.29 is 14.3 Å². The SMILES string of the molecule is O=Cc1cccc(Cl)c1OCc1cc(Br)cc2c1OCC2. The van der Waals surface area contributed by atoms with E-state index in [1.807, 2.05) is 6.07 Å². The van der Waals surface area contributed by atoms with Crippen molar-refractivity contribution in [1.82, 2.24) is 0 Å². The Hall–Kier alpha value is -1.52. The third-order valence-corrected chi connectivity index (χ3v) is 4.08. The molecule has 3 rings (SSSR count). The van der Waals surface area contributed by atoms with E-state index < -0.39 is 0 Å². The van der Waals surface area contributed by atoms with Crippen molar-refractivity contribution in [2.24, 2.45) is 0 Å². The molecule has 2 aromatic rings. The lowest BCUT2D eigenvalue weighted by Gasteiger charge is -2.13. The van der Waals surface area contributed by atoms with Crippen molar-refractivity contribution in [3.8, 4) is 11.5 Å². The highest BCUT2D eigenvalue weighted by molar-refractivity contribution is 9.10. The Bertz CT molecular complexity index is 700. The van der Waals surface area contributed by atoms with Gasteiger partial charge in [-0.2, -0.15) is 0 Å². The summed E-state index contributed by atoms with van der Waals surface area (Å²) in [6, 6.07) is 9.11. The predicted octanol–water partition coefficient (Wildman–Crippen LogP) is 4.43. The Morgan fingerprint density at radius 1 is 1.38 bits per heavy atom. The van der Waals surface area contributed by atoms with Crippen LogP contribution in [0.25, 0.3) is 0 Å². The molecule has 0 atom stereocenters. The molecule has 3 nitrogen and oxygen atoms in total. The van der Waals surface area contributed by atoms with Crippen molar-refractivity contribution in [3.63, 3.8) is 0 Å². The number of rotatable bonds is 4. The van der Waals surface area contributed by atoms with E-state index in [0.717, 1.165) is 34.1 Å². The van der Waals surface area contributed by atoms with Crippen molar-refractivity contribution in [3.05, 3.63) is 56.5 Å². The largest absolute Gasteiger partial charge is 0.493 e. The second-order valence-corrected chi connectivity index (χ2v) is 6.04. The zero-order valence-electron chi connectivity index (χ0n) is 11.1. The lowest BCUT2D eigenvalue weighted by molar-refractivity contribution is 0.111. The Morgan fingerprint density at radius 2 is 2.24 bits per heavy atom. The second-order valence-electron chi connectivity index (χ2n) is 4.72. The molecule has 0 bridgehead atoms. The summed E-state index contributed by atoms with van der Waals surface area (Å²) in [5.41, 5.74) is 2.54. The van der Waals surface area contributed by atoms with Crippen LogP contribution >= 0.6 is 27.5 Å². The molecule has 1 aliphatic heterocycles. The van der Waals surface area contributed by atoms with Gasteiger partial charge < -0.3 is 9.47 Å². The second kappa shape index (κ2) is 6.08. The van der Waals surface area contributed by atoms with E-state index in [1.165, 1.54) is 0 Å². The number of hydrogen-bond acceptors (Lipinski definition) is 3. The van der Waals surface area contributed by atoms with Gasteiger partial charge >= 0.3 is 0 Å². The van der Waals surface area contributed by atoms with E-state index >= 15 is 0 Å². The van der Waals surface area contributed by atoms with Crippen LogP contribution in [0, 0.1) is 0 Å². The maximum absolute atomic E-state index is 11.1. The van der Waals surface area contributed by atoms with Gasteiger partial charge in [0.2, 0.25) is 0 Å². The summed E-state index contributed by atoms with van der Waals surface area (Å²) in [5, 5.41) is 0.423. The molecule has 0 N–H and O–H groups in total. The molecule has 0 saturated heterocycles. The number of aldehydes is 1. The van der Waals surface area contributed by atoms with Gasteiger partial charge in [0.1, 0.15) is 18.1 Å². The highest BCUT2D eigenvalue weighted by Crippen LogP contribution is 2.35. The van der Waals surface area contributed by atoms with Crippen LogP contribution in [-0.2, 0) is 13.0 Å². The molecule has 0 spiro atoms. The number of hydrogen-bond donors (Lipinski definition) is 0. The van der Waals surface area contributed by atoms with Gasteiger partial charge in [0.15, 0.2) is 6.29 Å². The van der Waals surface area contributed by atoms with E-state index in [2.05, 4.69) is 22.0 Å². The molecule has 108 valence electrons. The van der Waals surface area contributed by atoms with Crippen LogP contribution in [0.2, 0.25) is 5.02 Å². The highest BCUT2D eigenvalue weighted by atomic mass is 79.9. The fraction of sp³-hybridized carbons (Fsp3) is 0.188. The fourth-order valence-corrected chi connectivity index (χ4v) is 3.16. The summed E-state index contributed by atoms with van der Waals surface area (Å²) in [6.45, 7) is 0.983. The molecule has 0 fully saturated rings. The molecule has 1 heterocycles. The van der Waals surface area contributed by atoms with Crippen LogP contribution in [0.4, 0.5) is 0 Å². The highest BCUT2D eigenvalue weighted by Gasteiger charge is 2.18. The Kier molecular flexibility index (Phi) is 4.17. The van der Waals surface area contributed by atoms with Gasteiger partial charge in [0.25, 0.3) is 0 Å². The first-order valence-electron chi connectivity index (χ1n) is 6.49. The smallest absolute Gasteiger partial charge is 0.153 e. The van der Waals surface area contributed by atoms with Gasteiger partial charge in [-0.1, -0.05) is 33.6 Å². The molecule has 0 radical (unpaired) electrons. The Labute approximate surface area is 136 Å². The Morgan fingerprint density at radius 3 is 3.05 bits per heavy atom. The third-order valence-electron chi connectivity index (χ3n) is 3.32. The lowest BCUT2D eigenvalue weighted by atomic mass is 10.1. The van der Waals surface area contributed by atoms with Crippen LogP contribution in [-0.4, -0.2) is 12.9 Å². The molecule has 21 heavy (non-hydrogen) atoms. The number of carbonyl (C=O) groups is 1. The number of para-hydroxylation sites is 1. The minimum absolute atomic E-state index is 0.298. The third kappa shape index (κ3) is 2.92. The standard InChI is InChI=1S/C16H12BrClO3/c17-13-6-10-4-5-20-15(10)12(7-13)9-21-16-11(8-19)2-1-3-14(16)18/h1-3,6-8H,4-5,9H2. The van der Waals surface area contributed by atoms with E-state index in [4.69, 9.17) is 21.1 Å². The molecule has 0 saturated carbocycles. The van der Waals surface area contributed by atoms with E-state index in [0.29, 0.717) is 29.5 Å². The summed E-state index contributed by atoms with van der Waals surface area (Å²) >= 11 is 9.59. The van der Waals surface area contributed by atoms with Crippen LogP contribution in [0.1, 0.15) is 21.5 Å². The summed E-state index contributed by atoms with van der Waals surface area (Å²) < 4.78 is 12.4. The molecule has 1 aliphatic rings. The molecule has 2 aromatic carbocycles. The maximum Gasteiger partial charge on any atom is 0.153 e. The summed E-state index contributed by atoms with van der Waals surface area (Å²) in [6.07, 6.45) is 1.64. The first-order valence-corrected chi connectivity index (χ1v) is 7.66. The maximum atomic E-state index is 11.1. The van der Waals surface area contributed by atoms with Gasteiger partial charge in [-0.05, 0) is 29.8 Å². The van der Waals surface area contributed by atoms with Crippen LogP contribution < -0.4 is 9.47 Å². The average Bonchev–Trinajstić information content (AvgIpc) is 2.93. The average molecular weight is 368 g/mol. The molecule has 5 heteroatoms. The predicted molar refractivity (Wildman–Crippen MR) is 84.5 cm³/mol. The van der Waals surface area contributed by atoms with Gasteiger partial charge in [-0.25, -0.2) is 0 Å². The zero-order valence-corrected chi connectivity index (χ0v) is 13.4. The van der Waals surface area contributed by atoms with Crippen molar-refractivity contribution in [2.45, 2.75) is 13.0 Å². The topological polar surface area (TPSA) is 35.5 Å². The molecule has 0 aromatic heterocycles. The van der Waals surface area contributed by atoms with E-state index in [9.17, 15) is 4.79 Å². The molecule has 0 unspecified atom stereocenters. The van der Waals surface area contributed by atoms with Crippen LogP contribution in [0.15, 0.2) is 34.8 Å². The first-order chi connectivity index (χ1) is 10.2. The lowest BCUT2D eigenvalue weighted by Crippen LogP contribution is -2.01. The first kappa shape index (κ1) is 14.4. The van der Waals surface area contributed by atoms with Crippen LogP contribution in [0.5, 0.6) is 11.5 Å². The molecule has 0 aliphatic carbocycles. The number of benzene rings is 2. The molecule has 0 amide bonds. The van der Waals surface area contributed by atoms with Crippen LogP contribution in [0.3, 0.4) is 0 Å². The summed E-state index contributed by atoms with van der Waals surface area (Å²) in [5.74, 6) is 1.28. The quantitative estimate of drug-likeness (QED) is 0.750. The molecular formula is C16H12BrClO3. The Balaban J connectivity index is 1.88. The summed E-state index contributed by atoms with van der Waals surface area (Å²) in [4.78, 5) is 11.1. The minimum Gasteiger partial charge on any atom is -0.493 e. The number of carbonyl (C=O) groups excluding carboxylic acids is 1. The van der Waals surface area contributed by atoms with Crippen molar-refractivity contribution in [2.75, 3.05) is 6.61 Å². The molecular weight excluding hydrogens is 356 g/mol. The van der Waals surface area contributed by atoms with Gasteiger partial charge in [0, 0.05) is 16.5 Å². The number of ether oxygens (including phenoxy) is 2. The van der Waals surface area contributed by atoms with Gasteiger partial charge in [-0.3, -0.25) is 4.79 Å². The minimum atomic E-state index is 0.298. The van der Waals surface area contributed by atoms with Crippen molar-refractivity contribution in [1.29, 1.82) is 0 Å².